The summed E-state index contributed by atoms with van der Waals surface area (Å²) in [7, 11) is 0. The molecule has 2 heterocycles. The minimum Gasteiger partial charge on any atom is -0.444 e. The summed E-state index contributed by atoms with van der Waals surface area (Å²) >= 11 is 0. The molecule has 0 saturated carbocycles. The van der Waals surface area contributed by atoms with Gasteiger partial charge in [0.15, 0.2) is 0 Å². The fourth-order valence-electron chi connectivity index (χ4n) is 2.52. The highest BCUT2D eigenvalue weighted by Crippen LogP contribution is 2.34. The number of rotatable bonds is 2. The van der Waals surface area contributed by atoms with E-state index in [-0.39, 0.29) is 11.7 Å². The molecule has 2 N–H and O–H groups in total. The van der Waals surface area contributed by atoms with Crippen molar-refractivity contribution in [1.29, 1.82) is 0 Å². The van der Waals surface area contributed by atoms with Crippen LogP contribution in [0.25, 0.3) is 0 Å². The van der Waals surface area contributed by atoms with Crippen molar-refractivity contribution in [1.82, 2.24) is 10.6 Å². The molecule has 2 fully saturated rings. The van der Waals surface area contributed by atoms with Gasteiger partial charge in [0.25, 0.3) is 0 Å². The Hall–Kier alpha value is -0.810. The first kappa shape index (κ1) is 12.6. The predicted molar refractivity (Wildman–Crippen MR) is 63.9 cm³/mol. The van der Waals surface area contributed by atoms with Crippen LogP contribution in [-0.4, -0.2) is 43.5 Å². The van der Waals surface area contributed by atoms with Crippen LogP contribution in [0, 0.1) is 5.92 Å². The average Bonchev–Trinajstić information content (AvgIpc) is 2.69. The Morgan fingerprint density at radius 1 is 1.59 bits per heavy atom. The lowest BCUT2D eigenvalue weighted by atomic mass is 9.91. The number of alkyl carbamates (subject to hydrolysis) is 1. The van der Waals surface area contributed by atoms with E-state index in [1.807, 2.05) is 20.8 Å². The normalized spacial score (nSPS) is 32.3. The van der Waals surface area contributed by atoms with Crippen LogP contribution >= 0.6 is 0 Å². The third-order valence-corrected chi connectivity index (χ3v) is 3.35. The van der Waals surface area contributed by atoms with E-state index in [1.165, 1.54) is 0 Å². The van der Waals surface area contributed by atoms with Gasteiger partial charge in [-0.2, -0.15) is 0 Å². The van der Waals surface area contributed by atoms with Crippen molar-refractivity contribution in [2.45, 2.75) is 38.4 Å². The zero-order chi connectivity index (χ0) is 12.5. The lowest BCUT2D eigenvalue weighted by Crippen LogP contribution is -2.48. The smallest absolute Gasteiger partial charge is 0.407 e. The molecule has 0 bridgehead atoms. The van der Waals surface area contributed by atoms with E-state index >= 15 is 0 Å². The molecule has 2 saturated heterocycles. The molecule has 5 nitrogen and oxygen atoms in total. The summed E-state index contributed by atoms with van der Waals surface area (Å²) in [5.74, 6) is 0.512. The Kier molecular flexibility index (Phi) is 3.32. The van der Waals surface area contributed by atoms with Gasteiger partial charge in [-0.1, -0.05) is 0 Å². The molecule has 0 aromatic carbocycles. The Morgan fingerprint density at radius 2 is 2.35 bits per heavy atom. The second-order valence-corrected chi connectivity index (χ2v) is 5.89. The summed E-state index contributed by atoms with van der Waals surface area (Å²) in [6, 6.07) is 0. The number of carbonyl (C=O) groups is 1. The summed E-state index contributed by atoms with van der Waals surface area (Å²) < 4.78 is 11.0. The maximum absolute atomic E-state index is 11.6. The molecular weight excluding hydrogens is 220 g/mol. The summed E-state index contributed by atoms with van der Waals surface area (Å²) in [4.78, 5) is 11.6. The number of nitrogens with one attached hydrogen (secondary N) is 2. The van der Waals surface area contributed by atoms with Gasteiger partial charge < -0.3 is 20.1 Å². The molecule has 5 heteroatoms. The Morgan fingerprint density at radius 3 is 3.06 bits per heavy atom. The number of ether oxygens (including phenoxy) is 2. The SMILES string of the molecule is CC(C)(C)OC(=O)NC[C@]12CNCC1CCO2. The summed E-state index contributed by atoms with van der Waals surface area (Å²) in [5.41, 5.74) is -0.664. The highest BCUT2D eigenvalue weighted by molar-refractivity contribution is 5.67. The van der Waals surface area contributed by atoms with Crippen molar-refractivity contribution >= 4 is 6.09 Å². The van der Waals surface area contributed by atoms with Gasteiger partial charge in [0, 0.05) is 25.6 Å². The highest BCUT2D eigenvalue weighted by atomic mass is 16.6. The van der Waals surface area contributed by atoms with Crippen LogP contribution in [0.4, 0.5) is 4.79 Å². The lowest BCUT2D eigenvalue weighted by molar-refractivity contribution is -0.00147. The number of amides is 1. The van der Waals surface area contributed by atoms with Gasteiger partial charge in [-0.25, -0.2) is 4.79 Å². The third kappa shape index (κ3) is 2.90. The topological polar surface area (TPSA) is 59.6 Å². The van der Waals surface area contributed by atoms with Crippen LogP contribution in [-0.2, 0) is 9.47 Å². The van der Waals surface area contributed by atoms with Crippen molar-refractivity contribution < 1.29 is 14.3 Å². The summed E-state index contributed by atoms with van der Waals surface area (Å²) in [6.07, 6.45) is 0.705. The van der Waals surface area contributed by atoms with Crippen LogP contribution < -0.4 is 10.6 Å². The van der Waals surface area contributed by atoms with Crippen molar-refractivity contribution in [3.8, 4) is 0 Å². The highest BCUT2D eigenvalue weighted by Gasteiger charge is 2.47. The van der Waals surface area contributed by atoms with Gasteiger partial charge in [0.05, 0.1) is 6.54 Å². The molecule has 0 radical (unpaired) electrons. The Labute approximate surface area is 102 Å². The van der Waals surface area contributed by atoms with E-state index < -0.39 is 5.60 Å². The Balaban J connectivity index is 1.83. The molecule has 2 aliphatic heterocycles. The third-order valence-electron chi connectivity index (χ3n) is 3.35. The molecule has 17 heavy (non-hydrogen) atoms. The predicted octanol–water partition coefficient (Wildman–Crippen LogP) is 0.890. The van der Waals surface area contributed by atoms with Crippen molar-refractivity contribution in [3.05, 3.63) is 0 Å². The fourth-order valence-corrected chi connectivity index (χ4v) is 2.52. The molecule has 1 amide bonds. The van der Waals surface area contributed by atoms with Crippen LogP contribution in [0.2, 0.25) is 0 Å². The summed E-state index contributed by atoms with van der Waals surface area (Å²) in [6.45, 7) is 8.69. The number of fused-ring (bicyclic) bond motifs is 1. The Bertz CT molecular complexity index is 289. The average molecular weight is 242 g/mol. The molecule has 2 atom stereocenters. The van der Waals surface area contributed by atoms with E-state index in [4.69, 9.17) is 9.47 Å². The minimum absolute atomic E-state index is 0.211. The van der Waals surface area contributed by atoms with E-state index in [2.05, 4.69) is 10.6 Å². The standard InChI is InChI=1S/C12H22N2O3/c1-11(2,3)17-10(15)14-8-12-7-13-6-9(12)4-5-16-12/h9,13H,4-8H2,1-3H3,(H,14,15)/t9?,12-/m1/s1. The van der Waals surface area contributed by atoms with Gasteiger partial charge in [-0.05, 0) is 27.2 Å². The number of hydrogen-bond acceptors (Lipinski definition) is 4. The van der Waals surface area contributed by atoms with Gasteiger partial charge in [0.1, 0.15) is 11.2 Å². The lowest BCUT2D eigenvalue weighted by Gasteiger charge is -2.28. The molecule has 1 unspecified atom stereocenters. The minimum atomic E-state index is -0.453. The van der Waals surface area contributed by atoms with E-state index in [0.717, 1.165) is 26.1 Å². The summed E-state index contributed by atoms with van der Waals surface area (Å²) in [5, 5.41) is 6.14. The van der Waals surface area contributed by atoms with Crippen molar-refractivity contribution in [2.75, 3.05) is 26.2 Å². The first-order valence-corrected chi connectivity index (χ1v) is 6.23. The van der Waals surface area contributed by atoms with Gasteiger partial charge in [0.2, 0.25) is 0 Å². The van der Waals surface area contributed by atoms with Crippen molar-refractivity contribution in [3.63, 3.8) is 0 Å². The second-order valence-electron chi connectivity index (χ2n) is 5.89. The van der Waals surface area contributed by atoms with Gasteiger partial charge in [-0.3, -0.25) is 0 Å². The molecule has 0 aromatic heterocycles. The maximum Gasteiger partial charge on any atom is 0.407 e. The monoisotopic (exact) mass is 242 g/mol. The second kappa shape index (κ2) is 4.46. The van der Waals surface area contributed by atoms with Crippen molar-refractivity contribution in [2.24, 2.45) is 5.92 Å². The largest absolute Gasteiger partial charge is 0.444 e. The molecular formula is C12H22N2O3. The van der Waals surface area contributed by atoms with Crippen LogP contribution in [0.1, 0.15) is 27.2 Å². The first-order chi connectivity index (χ1) is 7.91. The van der Waals surface area contributed by atoms with Crippen LogP contribution in [0.3, 0.4) is 0 Å². The van der Waals surface area contributed by atoms with E-state index in [9.17, 15) is 4.79 Å². The molecule has 0 aromatic rings. The van der Waals surface area contributed by atoms with E-state index in [0.29, 0.717) is 12.5 Å². The number of carbonyl (C=O) groups excluding carboxylic acids is 1. The quantitative estimate of drug-likeness (QED) is 0.755. The zero-order valence-corrected chi connectivity index (χ0v) is 10.8. The fraction of sp³-hybridized carbons (Fsp3) is 0.917. The maximum atomic E-state index is 11.6. The van der Waals surface area contributed by atoms with E-state index in [1.54, 1.807) is 0 Å². The zero-order valence-electron chi connectivity index (χ0n) is 10.8. The van der Waals surface area contributed by atoms with Gasteiger partial charge >= 0.3 is 6.09 Å². The van der Waals surface area contributed by atoms with Crippen LogP contribution in [0.15, 0.2) is 0 Å². The van der Waals surface area contributed by atoms with Gasteiger partial charge in [-0.15, -0.1) is 0 Å². The molecule has 0 aliphatic carbocycles. The molecule has 0 spiro atoms. The molecule has 98 valence electrons. The van der Waals surface area contributed by atoms with Crippen LogP contribution in [0.5, 0.6) is 0 Å². The number of hydrogen-bond donors (Lipinski definition) is 2. The first-order valence-electron chi connectivity index (χ1n) is 6.23. The molecule has 2 aliphatic rings. The molecule has 2 rings (SSSR count).